The maximum atomic E-state index is 12.2. The molecular formula is C21H18N6O3S. The van der Waals surface area contributed by atoms with Gasteiger partial charge < -0.3 is 14.4 Å². The van der Waals surface area contributed by atoms with E-state index in [0.717, 1.165) is 16.5 Å². The van der Waals surface area contributed by atoms with Crippen LogP contribution in [0.4, 0.5) is 5.82 Å². The molecule has 0 atom stereocenters. The minimum absolute atomic E-state index is 0.161. The van der Waals surface area contributed by atoms with Crippen LogP contribution in [0.3, 0.4) is 0 Å². The Morgan fingerprint density at radius 3 is 2.84 bits per heavy atom. The second-order valence-electron chi connectivity index (χ2n) is 7.01. The molecule has 0 saturated carbocycles. The molecule has 0 amide bonds. The standard InChI is InChI=1S/C21H18N6O3S/c1-29-21(28)16-9-12(11-31)17-18(23-16)20(27-5-7-30-8-6-27)25-19(24-17)13-3-2-4-15-14(13)10-22-26-15/h2-4,9-11H,5-8H2,1H3,(H,22,26). The van der Waals surface area contributed by atoms with Crippen molar-refractivity contribution in [3.8, 4) is 11.4 Å². The van der Waals surface area contributed by atoms with E-state index < -0.39 is 5.97 Å². The van der Waals surface area contributed by atoms with Gasteiger partial charge in [-0.05, 0) is 12.1 Å². The second-order valence-corrected chi connectivity index (χ2v) is 7.25. The number of aromatic nitrogens is 5. The second kappa shape index (κ2) is 7.97. The lowest BCUT2D eigenvalue weighted by molar-refractivity contribution is 0.0594. The Balaban J connectivity index is 1.81. The van der Waals surface area contributed by atoms with Gasteiger partial charge in [-0.2, -0.15) is 5.10 Å². The van der Waals surface area contributed by atoms with Gasteiger partial charge in [0.05, 0.1) is 32.0 Å². The van der Waals surface area contributed by atoms with Crippen LogP contribution in [0.25, 0.3) is 33.3 Å². The third-order valence-corrected chi connectivity index (χ3v) is 5.48. The lowest BCUT2D eigenvalue weighted by atomic mass is 10.1. The largest absolute Gasteiger partial charge is 0.464 e. The Hall–Kier alpha value is -3.50. The molecule has 31 heavy (non-hydrogen) atoms. The van der Waals surface area contributed by atoms with Gasteiger partial charge in [-0.1, -0.05) is 24.4 Å². The van der Waals surface area contributed by atoms with Crippen molar-refractivity contribution < 1.29 is 14.3 Å². The summed E-state index contributed by atoms with van der Waals surface area (Å²) in [6.07, 6.45) is 1.76. The number of carbonyl (C=O) groups excluding carboxylic acids is 1. The van der Waals surface area contributed by atoms with Crippen LogP contribution in [0.1, 0.15) is 16.1 Å². The molecule has 0 unspecified atom stereocenters. The predicted molar refractivity (Wildman–Crippen MR) is 120 cm³/mol. The minimum Gasteiger partial charge on any atom is -0.464 e. The molecule has 1 aliphatic heterocycles. The molecule has 1 aromatic carbocycles. The fourth-order valence-corrected chi connectivity index (χ4v) is 3.87. The molecule has 0 spiro atoms. The van der Waals surface area contributed by atoms with Crippen LogP contribution in [0.5, 0.6) is 0 Å². The molecule has 1 N–H and O–H groups in total. The maximum Gasteiger partial charge on any atom is 0.356 e. The fraction of sp³-hybridized carbons (Fsp3) is 0.238. The average Bonchev–Trinajstić information content (AvgIpc) is 3.31. The molecule has 1 aliphatic rings. The number of rotatable bonds is 4. The molecule has 3 aromatic heterocycles. The Morgan fingerprint density at radius 1 is 1.23 bits per heavy atom. The summed E-state index contributed by atoms with van der Waals surface area (Å²) in [5.74, 6) is 0.625. The van der Waals surface area contributed by atoms with Crippen molar-refractivity contribution in [2.75, 3.05) is 38.3 Å². The van der Waals surface area contributed by atoms with Crippen LogP contribution < -0.4 is 4.90 Å². The monoisotopic (exact) mass is 434 g/mol. The first-order valence-corrected chi connectivity index (χ1v) is 10.2. The third kappa shape index (κ3) is 3.39. The molecule has 4 heterocycles. The molecule has 1 saturated heterocycles. The van der Waals surface area contributed by atoms with Crippen molar-refractivity contribution in [1.29, 1.82) is 0 Å². The van der Waals surface area contributed by atoms with Gasteiger partial charge in [0.15, 0.2) is 11.6 Å². The molecule has 0 aliphatic carbocycles. The number of nitrogens with zero attached hydrogens (tertiary/aromatic N) is 5. The van der Waals surface area contributed by atoms with Gasteiger partial charge in [0, 0.05) is 35.0 Å². The fourth-order valence-electron chi connectivity index (χ4n) is 3.69. The normalized spacial score (nSPS) is 14.2. The molecular weight excluding hydrogens is 416 g/mol. The molecule has 4 aromatic rings. The van der Waals surface area contributed by atoms with E-state index in [-0.39, 0.29) is 5.69 Å². The highest BCUT2D eigenvalue weighted by molar-refractivity contribution is 7.79. The van der Waals surface area contributed by atoms with Gasteiger partial charge in [0.25, 0.3) is 0 Å². The van der Waals surface area contributed by atoms with E-state index in [2.05, 4.69) is 20.1 Å². The Bertz CT molecular complexity index is 1320. The van der Waals surface area contributed by atoms with Crippen molar-refractivity contribution in [3.05, 3.63) is 41.7 Å². The quantitative estimate of drug-likeness (QED) is 0.383. The third-order valence-electron chi connectivity index (χ3n) is 5.22. The number of thiocarbonyl (C=S) groups is 1. The summed E-state index contributed by atoms with van der Waals surface area (Å²) in [5.41, 5.74) is 3.59. The lowest BCUT2D eigenvalue weighted by Gasteiger charge is -2.28. The maximum absolute atomic E-state index is 12.2. The van der Waals surface area contributed by atoms with E-state index in [1.807, 2.05) is 18.2 Å². The number of pyridine rings is 1. The first-order chi connectivity index (χ1) is 15.2. The molecule has 156 valence electrons. The number of carbonyl (C=O) groups is 1. The predicted octanol–water partition coefficient (Wildman–Crippen LogP) is 2.54. The number of nitrogens with one attached hydrogen (secondary N) is 1. The number of methoxy groups -OCH3 is 1. The number of H-pyrrole nitrogens is 1. The summed E-state index contributed by atoms with van der Waals surface area (Å²) < 4.78 is 10.4. The summed E-state index contributed by atoms with van der Waals surface area (Å²) in [7, 11) is 1.32. The van der Waals surface area contributed by atoms with Gasteiger partial charge >= 0.3 is 5.97 Å². The summed E-state index contributed by atoms with van der Waals surface area (Å²) in [6.45, 7) is 2.46. The highest BCUT2D eigenvalue weighted by Gasteiger charge is 2.23. The Labute approximate surface area is 182 Å². The summed E-state index contributed by atoms with van der Waals surface area (Å²) >= 11 is 5.24. The highest BCUT2D eigenvalue weighted by Crippen LogP contribution is 2.31. The van der Waals surface area contributed by atoms with Crippen LogP contribution in [0, 0.1) is 0 Å². The van der Waals surface area contributed by atoms with Crippen molar-refractivity contribution in [2.24, 2.45) is 0 Å². The number of morpholine rings is 1. The van der Waals surface area contributed by atoms with Crippen LogP contribution in [-0.4, -0.2) is 69.9 Å². The highest BCUT2D eigenvalue weighted by atomic mass is 32.1. The van der Waals surface area contributed by atoms with Crippen molar-refractivity contribution >= 4 is 51.3 Å². The smallest absolute Gasteiger partial charge is 0.356 e. The molecule has 9 nitrogen and oxygen atoms in total. The number of fused-ring (bicyclic) bond motifs is 2. The number of anilines is 1. The number of aromatic amines is 1. The number of hydrogen-bond donors (Lipinski definition) is 1. The number of esters is 1. The van der Waals surface area contributed by atoms with E-state index >= 15 is 0 Å². The van der Waals surface area contributed by atoms with Crippen LogP contribution in [0.15, 0.2) is 30.5 Å². The van der Waals surface area contributed by atoms with Gasteiger partial charge in [0.2, 0.25) is 0 Å². The lowest BCUT2D eigenvalue weighted by Crippen LogP contribution is -2.37. The average molecular weight is 434 g/mol. The number of hydrogen-bond acceptors (Lipinski definition) is 9. The molecule has 10 heteroatoms. The SMILES string of the molecule is COC(=O)c1cc(C=S)c2nc(-c3cccc4[nH]ncc34)nc(N3CCOCC3)c2n1. The summed E-state index contributed by atoms with van der Waals surface area (Å²) in [6, 6.07) is 7.42. The van der Waals surface area contributed by atoms with Gasteiger partial charge in [-0.15, -0.1) is 0 Å². The van der Waals surface area contributed by atoms with Crippen LogP contribution in [0.2, 0.25) is 0 Å². The molecule has 0 radical (unpaired) electrons. The molecule has 5 rings (SSSR count). The van der Waals surface area contributed by atoms with Gasteiger partial charge in [-0.25, -0.2) is 19.7 Å². The minimum atomic E-state index is -0.542. The summed E-state index contributed by atoms with van der Waals surface area (Å²) in [5, 5.41) is 9.53. The first kappa shape index (κ1) is 19.5. The van der Waals surface area contributed by atoms with Crippen LogP contribution >= 0.6 is 12.2 Å². The van der Waals surface area contributed by atoms with Crippen molar-refractivity contribution in [1.82, 2.24) is 25.1 Å². The van der Waals surface area contributed by atoms with Crippen molar-refractivity contribution in [2.45, 2.75) is 0 Å². The zero-order valence-corrected chi connectivity index (χ0v) is 17.5. The van der Waals surface area contributed by atoms with Gasteiger partial charge in [-0.3, -0.25) is 5.10 Å². The first-order valence-electron chi connectivity index (χ1n) is 9.71. The summed E-state index contributed by atoms with van der Waals surface area (Å²) in [4.78, 5) is 28.5. The van der Waals surface area contributed by atoms with E-state index in [0.29, 0.717) is 54.5 Å². The van der Waals surface area contributed by atoms with E-state index in [1.165, 1.54) is 12.5 Å². The molecule has 0 bridgehead atoms. The molecule has 1 fully saturated rings. The van der Waals surface area contributed by atoms with Crippen LogP contribution in [-0.2, 0) is 9.47 Å². The number of ether oxygens (including phenoxy) is 2. The Kier molecular flexibility index (Phi) is 5.00. The van der Waals surface area contributed by atoms with Gasteiger partial charge in [0.1, 0.15) is 16.7 Å². The topological polar surface area (TPSA) is 106 Å². The zero-order valence-electron chi connectivity index (χ0n) is 16.7. The Morgan fingerprint density at radius 2 is 2.06 bits per heavy atom. The van der Waals surface area contributed by atoms with E-state index in [1.54, 1.807) is 12.3 Å². The number of benzene rings is 1. The van der Waals surface area contributed by atoms with E-state index in [4.69, 9.17) is 31.7 Å². The van der Waals surface area contributed by atoms with E-state index in [9.17, 15) is 4.79 Å². The zero-order chi connectivity index (χ0) is 21.4. The van der Waals surface area contributed by atoms with Crippen molar-refractivity contribution in [3.63, 3.8) is 0 Å².